The zero-order valence-corrected chi connectivity index (χ0v) is 9.71. The van der Waals surface area contributed by atoms with E-state index in [-0.39, 0.29) is 11.5 Å². The predicted molar refractivity (Wildman–Crippen MR) is 59.8 cm³/mol. The molecular formula is C11H14NO2S. The van der Waals surface area contributed by atoms with Gasteiger partial charge in [-0.3, -0.25) is 0 Å². The number of nitrogens with zero attached hydrogens (tertiary/aromatic N) is 1. The summed E-state index contributed by atoms with van der Waals surface area (Å²) in [5.74, 6) is 0. The smallest absolute Gasteiger partial charge is 0.176 e. The molecule has 0 aromatic heterocycles. The molecule has 1 radical (unpaired) electrons. The maximum Gasteiger partial charge on any atom is 0.176 e. The largest absolute Gasteiger partial charge is 0.611 e. The van der Waals surface area contributed by atoms with Gasteiger partial charge in [-0.05, 0) is 37.2 Å². The van der Waals surface area contributed by atoms with Crippen LogP contribution < -0.4 is 4.90 Å². The van der Waals surface area contributed by atoms with Gasteiger partial charge in [0.25, 0.3) is 0 Å². The van der Waals surface area contributed by atoms with Crippen molar-refractivity contribution in [3.63, 3.8) is 0 Å². The molecule has 1 aromatic rings. The van der Waals surface area contributed by atoms with Gasteiger partial charge in [0.2, 0.25) is 0 Å². The molecule has 0 spiro atoms. The maximum atomic E-state index is 12.2. The summed E-state index contributed by atoms with van der Waals surface area (Å²) in [6, 6.07) is 7.44. The van der Waals surface area contributed by atoms with E-state index in [0.717, 1.165) is 10.6 Å². The molecule has 0 saturated heterocycles. The molecule has 4 heteroatoms. The summed E-state index contributed by atoms with van der Waals surface area (Å²) in [5, 5.41) is 11.1. The van der Waals surface area contributed by atoms with Crippen molar-refractivity contribution in [1.29, 1.82) is 0 Å². The van der Waals surface area contributed by atoms with Gasteiger partial charge in [-0.15, -0.1) is 0 Å². The topological polar surface area (TPSA) is 46.2 Å². The van der Waals surface area contributed by atoms with E-state index in [9.17, 15) is 9.66 Å². The normalized spacial score (nSPS) is 23.7. The molecule has 1 unspecified atom stereocenters. The lowest BCUT2D eigenvalue weighted by molar-refractivity contribution is 0.188. The molecule has 2 rings (SSSR count). The minimum absolute atomic E-state index is 0.280. The zero-order chi connectivity index (χ0) is 11.1. The van der Waals surface area contributed by atoms with Crippen LogP contribution in [0.5, 0.6) is 0 Å². The second-order valence-corrected chi connectivity index (χ2v) is 6.41. The third kappa shape index (κ3) is 1.73. The van der Waals surface area contributed by atoms with E-state index in [1.807, 2.05) is 38.1 Å². The molecule has 0 N–H and O–H groups in total. The van der Waals surface area contributed by atoms with Crippen LogP contribution in [0.2, 0.25) is 0 Å². The fourth-order valence-corrected chi connectivity index (χ4v) is 3.35. The fraction of sp³-hybridized carbons (Fsp3) is 0.455. The first-order chi connectivity index (χ1) is 7.06. The Morgan fingerprint density at radius 2 is 2.13 bits per heavy atom. The van der Waals surface area contributed by atoms with Gasteiger partial charge in [-0.1, -0.05) is 12.1 Å². The van der Waals surface area contributed by atoms with Crippen LogP contribution in [0.15, 0.2) is 29.2 Å². The quantitative estimate of drug-likeness (QED) is 0.683. The average molecular weight is 224 g/mol. The van der Waals surface area contributed by atoms with Crippen LogP contribution in [0.1, 0.15) is 13.8 Å². The molecule has 0 bridgehead atoms. The van der Waals surface area contributed by atoms with E-state index in [1.54, 1.807) is 4.90 Å². The van der Waals surface area contributed by atoms with Crippen molar-refractivity contribution < 1.29 is 9.66 Å². The second kappa shape index (κ2) is 3.70. The first-order valence-corrected chi connectivity index (χ1v) is 6.05. The Hall–Kier alpha value is -0.710. The summed E-state index contributed by atoms with van der Waals surface area (Å²) in [4.78, 5) is 2.53. The Morgan fingerprint density at radius 1 is 1.47 bits per heavy atom. The Kier molecular flexibility index (Phi) is 2.66. The number of hydrogen-bond acceptors (Lipinski definition) is 2. The third-order valence-electron chi connectivity index (χ3n) is 2.64. The van der Waals surface area contributed by atoms with Gasteiger partial charge < -0.3 is 9.45 Å². The lowest BCUT2D eigenvalue weighted by Gasteiger charge is -2.39. The summed E-state index contributed by atoms with van der Waals surface area (Å²) in [5.41, 5.74) is 0.824. The van der Waals surface area contributed by atoms with E-state index < -0.39 is 11.2 Å². The number of benzene rings is 1. The van der Waals surface area contributed by atoms with Crippen LogP contribution in [0, 0.1) is 0 Å². The first kappa shape index (κ1) is 10.8. The van der Waals surface area contributed by atoms with E-state index in [0.29, 0.717) is 6.54 Å². The molecule has 1 aromatic carbocycles. The molecule has 1 aliphatic rings. The standard InChI is InChI=1S/C11H14NO2S/c1-11(2)7-12(8-13)9-5-3-4-6-10(9)15(11)14/h3-6H,7-8H2,1-2H3. The van der Waals surface area contributed by atoms with Gasteiger partial charge in [0.1, 0.15) is 4.75 Å². The maximum absolute atomic E-state index is 12.2. The highest BCUT2D eigenvalue weighted by atomic mass is 32.2. The minimum Gasteiger partial charge on any atom is -0.611 e. The highest BCUT2D eigenvalue weighted by molar-refractivity contribution is 7.93. The SMILES string of the molecule is CC1(C)CN(C[O])c2ccccc2[S+]1[O-]. The lowest BCUT2D eigenvalue weighted by atomic mass is 10.1. The van der Waals surface area contributed by atoms with Crippen LogP contribution in [0.25, 0.3) is 0 Å². The van der Waals surface area contributed by atoms with Crippen LogP contribution >= 0.6 is 0 Å². The van der Waals surface area contributed by atoms with E-state index in [2.05, 4.69) is 0 Å². The van der Waals surface area contributed by atoms with Gasteiger partial charge in [-0.2, -0.15) is 0 Å². The van der Waals surface area contributed by atoms with Gasteiger partial charge in [-0.25, -0.2) is 5.11 Å². The van der Waals surface area contributed by atoms with Gasteiger partial charge >= 0.3 is 0 Å². The molecule has 81 valence electrons. The summed E-state index contributed by atoms with van der Waals surface area (Å²) in [7, 11) is 0. The molecule has 1 atom stereocenters. The molecule has 15 heavy (non-hydrogen) atoms. The van der Waals surface area contributed by atoms with E-state index >= 15 is 0 Å². The minimum atomic E-state index is -1.03. The molecular weight excluding hydrogens is 210 g/mol. The van der Waals surface area contributed by atoms with Crippen LogP contribution in [-0.2, 0) is 16.3 Å². The van der Waals surface area contributed by atoms with Crippen LogP contribution in [-0.4, -0.2) is 22.6 Å². The number of para-hydroxylation sites is 1. The van der Waals surface area contributed by atoms with Crippen molar-refractivity contribution >= 4 is 16.9 Å². The predicted octanol–water partition coefficient (Wildman–Crippen LogP) is 1.78. The van der Waals surface area contributed by atoms with E-state index in [4.69, 9.17) is 0 Å². The van der Waals surface area contributed by atoms with Crippen LogP contribution in [0.3, 0.4) is 0 Å². The van der Waals surface area contributed by atoms with Crippen molar-refractivity contribution in [2.45, 2.75) is 23.5 Å². The summed E-state index contributed by atoms with van der Waals surface area (Å²) < 4.78 is 11.8. The highest BCUT2D eigenvalue weighted by Crippen LogP contribution is 2.38. The molecule has 3 nitrogen and oxygen atoms in total. The molecule has 1 heterocycles. The number of anilines is 1. The Labute approximate surface area is 92.9 Å². The van der Waals surface area contributed by atoms with Crippen molar-refractivity contribution in [1.82, 2.24) is 0 Å². The average Bonchev–Trinajstić information content (AvgIpc) is 2.24. The number of hydrogen-bond donors (Lipinski definition) is 0. The third-order valence-corrected chi connectivity index (χ3v) is 4.51. The molecule has 0 saturated carbocycles. The molecule has 1 aliphatic heterocycles. The fourth-order valence-electron chi connectivity index (χ4n) is 1.89. The summed E-state index contributed by atoms with van der Waals surface area (Å²) >= 11 is -1.03. The Bertz CT molecular complexity index is 367. The first-order valence-electron chi connectivity index (χ1n) is 4.90. The Morgan fingerprint density at radius 3 is 2.80 bits per heavy atom. The number of fused-ring (bicyclic) bond motifs is 1. The van der Waals surface area contributed by atoms with Crippen molar-refractivity contribution in [3.05, 3.63) is 24.3 Å². The van der Waals surface area contributed by atoms with Crippen LogP contribution in [0.4, 0.5) is 5.69 Å². The molecule has 0 amide bonds. The monoisotopic (exact) mass is 224 g/mol. The zero-order valence-electron chi connectivity index (χ0n) is 8.90. The Balaban J connectivity index is 2.50. The molecule has 0 aliphatic carbocycles. The number of rotatable bonds is 1. The van der Waals surface area contributed by atoms with Crippen molar-refractivity contribution in [3.8, 4) is 0 Å². The highest BCUT2D eigenvalue weighted by Gasteiger charge is 2.42. The van der Waals surface area contributed by atoms with Gasteiger partial charge in [0.05, 0.1) is 12.2 Å². The summed E-state index contributed by atoms with van der Waals surface area (Å²) in [6.07, 6.45) is 0. The second-order valence-electron chi connectivity index (χ2n) is 4.32. The van der Waals surface area contributed by atoms with Crippen molar-refractivity contribution in [2.75, 3.05) is 18.2 Å². The summed E-state index contributed by atoms with van der Waals surface area (Å²) in [6.45, 7) is 4.14. The van der Waals surface area contributed by atoms with E-state index in [1.165, 1.54) is 0 Å². The van der Waals surface area contributed by atoms with Gasteiger partial charge in [0.15, 0.2) is 11.6 Å². The lowest BCUT2D eigenvalue weighted by Crippen LogP contribution is -2.49. The van der Waals surface area contributed by atoms with Crippen molar-refractivity contribution in [2.24, 2.45) is 0 Å². The van der Waals surface area contributed by atoms with Gasteiger partial charge in [0, 0.05) is 0 Å². The molecule has 0 fully saturated rings.